The second-order valence-corrected chi connectivity index (χ2v) is 7.76. The van der Waals surface area contributed by atoms with Crippen molar-refractivity contribution in [1.29, 1.82) is 0 Å². The first-order chi connectivity index (χ1) is 14.0. The summed E-state index contributed by atoms with van der Waals surface area (Å²) >= 11 is 3.41. The monoisotopic (exact) mass is 462 g/mol. The Balaban J connectivity index is 1.72. The van der Waals surface area contributed by atoms with Crippen LogP contribution >= 0.6 is 15.9 Å². The Morgan fingerprint density at radius 3 is 3.00 bits per heavy atom. The van der Waals surface area contributed by atoms with E-state index in [4.69, 9.17) is 9.47 Å². The van der Waals surface area contributed by atoms with Crippen LogP contribution in [0.5, 0.6) is 5.75 Å². The van der Waals surface area contributed by atoms with Crippen LogP contribution in [-0.2, 0) is 19.1 Å². The summed E-state index contributed by atoms with van der Waals surface area (Å²) in [4.78, 5) is 36.4. The molecule has 0 bridgehead atoms. The van der Waals surface area contributed by atoms with Gasteiger partial charge in [-0.05, 0) is 44.0 Å². The highest BCUT2D eigenvalue weighted by Gasteiger charge is 2.28. The van der Waals surface area contributed by atoms with Gasteiger partial charge in [-0.3, -0.25) is 9.59 Å². The maximum absolute atomic E-state index is 12.8. The van der Waals surface area contributed by atoms with Crippen molar-refractivity contribution in [3.63, 3.8) is 0 Å². The standard InChI is InChI=1S/C21H23BrN2O5/c1-2-28-19(25)6-4-17(11-13-7-8-23-20(13)26)24-21(27)15-9-14-10-16(22)3-5-18(14)29-12-15/h3-6,9-10,13,17H,2,7-8,11-12H2,1H3,(H,23,26)(H,24,27). The highest BCUT2D eigenvalue weighted by molar-refractivity contribution is 9.10. The first-order valence-corrected chi connectivity index (χ1v) is 10.3. The molecule has 154 valence electrons. The molecule has 0 aliphatic carbocycles. The number of hydrogen-bond acceptors (Lipinski definition) is 5. The van der Waals surface area contributed by atoms with E-state index < -0.39 is 12.0 Å². The van der Waals surface area contributed by atoms with E-state index in [2.05, 4.69) is 26.6 Å². The second kappa shape index (κ2) is 9.73. The molecule has 2 N–H and O–H groups in total. The molecule has 1 aromatic carbocycles. The Morgan fingerprint density at radius 1 is 1.45 bits per heavy atom. The Kier molecular flexibility index (Phi) is 7.09. The summed E-state index contributed by atoms with van der Waals surface area (Å²) in [5, 5.41) is 5.69. The van der Waals surface area contributed by atoms with E-state index in [1.54, 1.807) is 19.1 Å². The Labute approximate surface area is 177 Å². The molecule has 2 amide bonds. The van der Waals surface area contributed by atoms with E-state index in [9.17, 15) is 14.4 Å². The predicted molar refractivity (Wildman–Crippen MR) is 111 cm³/mol. The molecule has 0 radical (unpaired) electrons. The number of hydrogen-bond donors (Lipinski definition) is 2. The summed E-state index contributed by atoms with van der Waals surface area (Å²) in [6, 6.07) is 5.11. The van der Waals surface area contributed by atoms with Gasteiger partial charge in [0.25, 0.3) is 5.91 Å². The number of amides is 2. The van der Waals surface area contributed by atoms with E-state index in [0.717, 1.165) is 10.0 Å². The normalized spacial score (nSPS) is 19.0. The zero-order chi connectivity index (χ0) is 20.8. The van der Waals surface area contributed by atoms with Crippen LogP contribution in [0.3, 0.4) is 0 Å². The number of carbonyl (C=O) groups is 3. The molecule has 2 aliphatic heterocycles. The summed E-state index contributed by atoms with van der Waals surface area (Å²) in [5.41, 5.74) is 1.28. The van der Waals surface area contributed by atoms with Crippen LogP contribution in [0.25, 0.3) is 6.08 Å². The third-order valence-electron chi connectivity index (χ3n) is 4.75. The molecule has 29 heavy (non-hydrogen) atoms. The van der Waals surface area contributed by atoms with Gasteiger partial charge in [-0.2, -0.15) is 0 Å². The van der Waals surface area contributed by atoms with Crippen LogP contribution in [0.15, 0.2) is 40.4 Å². The molecule has 0 spiro atoms. The number of esters is 1. The first kappa shape index (κ1) is 21.1. The summed E-state index contributed by atoms with van der Waals surface area (Å²) < 4.78 is 11.5. The van der Waals surface area contributed by atoms with Crippen LogP contribution in [0.1, 0.15) is 25.3 Å². The van der Waals surface area contributed by atoms with Crippen LogP contribution in [0.2, 0.25) is 0 Å². The molecule has 7 nitrogen and oxygen atoms in total. The lowest BCUT2D eigenvalue weighted by atomic mass is 9.97. The average molecular weight is 463 g/mol. The SMILES string of the molecule is CCOC(=O)C=CC(CC1CCNC1=O)NC(=O)C1=Cc2cc(Br)ccc2OC1. The lowest BCUT2D eigenvalue weighted by Crippen LogP contribution is -2.38. The van der Waals surface area contributed by atoms with Crippen molar-refractivity contribution in [2.75, 3.05) is 19.8 Å². The van der Waals surface area contributed by atoms with Gasteiger partial charge in [0.1, 0.15) is 12.4 Å². The molecule has 2 unspecified atom stereocenters. The fourth-order valence-corrected chi connectivity index (χ4v) is 3.67. The molecule has 0 saturated carbocycles. The maximum Gasteiger partial charge on any atom is 0.330 e. The van der Waals surface area contributed by atoms with Crippen molar-refractivity contribution in [1.82, 2.24) is 10.6 Å². The van der Waals surface area contributed by atoms with Gasteiger partial charge in [-0.25, -0.2) is 4.79 Å². The average Bonchev–Trinajstić information content (AvgIpc) is 3.10. The van der Waals surface area contributed by atoms with Gasteiger partial charge < -0.3 is 20.1 Å². The van der Waals surface area contributed by atoms with Crippen LogP contribution in [0.4, 0.5) is 0 Å². The number of nitrogens with one attached hydrogen (secondary N) is 2. The number of carbonyl (C=O) groups excluding carboxylic acids is 3. The van der Waals surface area contributed by atoms with E-state index in [-0.39, 0.29) is 30.9 Å². The Morgan fingerprint density at radius 2 is 2.28 bits per heavy atom. The van der Waals surface area contributed by atoms with Gasteiger partial charge >= 0.3 is 5.97 Å². The minimum absolute atomic E-state index is 0.0345. The number of halogens is 1. The fraction of sp³-hybridized carbons (Fsp3) is 0.381. The third-order valence-corrected chi connectivity index (χ3v) is 5.24. The second-order valence-electron chi connectivity index (χ2n) is 6.84. The van der Waals surface area contributed by atoms with Crippen LogP contribution in [0, 0.1) is 5.92 Å². The van der Waals surface area contributed by atoms with Gasteiger partial charge in [0.15, 0.2) is 0 Å². The lowest BCUT2D eigenvalue weighted by Gasteiger charge is -2.21. The van der Waals surface area contributed by atoms with E-state index in [1.807, 2.05) is 18.2 Å². The van der Waals surface area contributed by atoms with Gasteiger partial charge in [0.2, 0.25) is 5.91 Å². The molecule has 8 heteroatoms. The third kappa shape index (κ3) is 5.69. The quantitative estimate of drug-likeness (QED) is 0.479. The Hall–Kier alpha value is -2.61. The summed E-state index contributed by atoms with van der Waals surface area (Å²) in [6.45, 7) is 2.76. The highest BCUT2D eigenvalue weighted by Crippen LogP contribution is 2.29. The summed E-state index contributed by atoms with van der Waals surface area (Å²) in [6.07, 6.45) is 5.76. The van der Waals surface area contributed by atoms with Crippen molar-refractivity contribution in [3.8, 4) is 5.75 Å². The van der Waals surface area contributed by atoms with Crippen molar-refractivity contribution in [2.45, 2.75) is 25.8 Å². The van der Waals surface area contributed by atoms with Crippen LogP contribution in [-0.4, -0.2) is 43.6 Å². The van der Waals surface area contributed by atoms with Gasteiger partial charge in [0, 0.05) is 34.6 Å². The van der Waals surface area contributed by atoms with E-state index in [0.29, 0.717) is 30.7 Å². The molecular weight excluding hydrogens is 440 g/mol. The smallest absolute Gasteiger partial charge is 0.330 e. The predicted octanol–water partition coefficient (Wildman–Crippen LogP) is 2.36. The minimum atomic E-state index is -0.485. The summed E-state index contributed by atoms with van der Waals surface area (Å²) in [7, 11) is 0. The zero-order valence-electron chi connectivity index (χ0n) is 16.1. The van der Waals surface area contributed by atoms with Gasteiger partial charge in [-0.1, -0.05) is 22.0 Å². The summed E-state index contributed by atoms with van der Waals surface area (Å²) in [5.74, 6) is -0.312. The van der Waals surface area contributed by atoms with Gasteiger partial charge in [0.05, 0.1) is 12.2 Å². The number of ether oxygens (including phenoxy) is 2. The van der Waals surface area contributed by atoms with E-state index in [1.165, 1.54) is 6.08 Å². The molecule has 0 aromatic heterocycles. The topological polar surface area (TPSA) is 93.7 Å². The van der Waals surface area contributed by atoms with Crippen LogP contribution < -0.4 is 15.4 Å². The van der Waals surface area contributed by atoms with E-state index >= 15 is 0 Å². The molecule has 1 fully saturated rings. The number of benzene rings is 1. The number of rotatable bonds is 7. The lowest BCUT2D eigenvalue weighted by molar-refractivity contribution is -0.137. The highest BCUT2D eigenvalue weighted by atomic mass is 79.9. The minimum Gasteiger partial charge on any atom is -0.488 e. The Bertz CT molecular complexity index is 865. The van der Waals surface area contributed by atoms with Crippen molar-refractivity contribution < 1.29 is 23.9 Å². The number of fused-ring (bicyclic) bond motifs is 1. The van der Waals surface area contributed by atoms with Crippen molar-refractivity contribution in [2.24, 2.45) is 5.92 Å². The largest absolute Gasteiger partial charge is 0.488 e. The van der Waals surface area contributed by atoms with Crippen molar-refractivity contribution in [3.05, 3.63) is 46.0 Å². The first-order valence-electron chi connectivity index (χ1n) is 9.52. The zero-order valence-corrected chi connectivity index (χ0v) is 17.7. The molecular formula is C21H23BrN2O5. The fourth-order valence-electron chi connectivity index (χ4n) is 3.29. The molecule has 2 aliphatic rings. The molecule has 1 aromatic rings. The molecule has 2 atom stereocenters. The van der Waals surface area contributed by atoms with Crippen molar-refractivity contribution >= 4 is 39.8 Å². The molecule has 1 saturated heterocycles. The molecule has 3 rings (SSSR count). The maximum atomic E-state index is 12.8. The van der Waals surface area contributed by atoms with Gasteiger partial charge in [-0.15, -0.1) is 0 Å². The molecule has 2 heterocycles.